The summed E-state index contributed by atoms with van der Waals surface area (Å²) < 4.78 is 19.6. The van der Waals surface area contributed by atoms with E-state index in [9.17, 15) is 9.59 Å². The van der Waals surface area contributed by atoms with E-state index in [1.54, 1.807) is 16.8 Å². The Bertz CT molecular complexity index is 1870. The lowest BCUT2D eigenvalue weighted by Crippen LogP contribution is -2.38. The van der Waals surface area contributed by atoms with Gasteiger partial charge in [0, 0.05) is 29.6 Å². The van der Waals surface area contributed by atoms with Gasteiger partial charge in [-0.1, -0.05) is 59.8 Å². The summed E-state index contributed by atoms with van der Waals surface area (Å²) in [5, 5.41) is 12.4. The second kappa shape index (κ2) is 16.4. The Morgan fingerprint density at radius 3 is 2.46 bits per heavy atom. The summed E-state index contributed by atoms with van der Waals surface area (Å²) in [5.74, 6) is 2.16. The van der Waals surface area contributed by atoms with E-state index in [1.165, 1.54) is 11.8 Å². The van der Waals surface area contributed by atoms with Crippen LogP contribution in [0.1, 0.15) is 57.2 Å². The minimum Gasteiger partial charge on any atom is -0.492 e. The second-order valence-electron chi connectivity index (χ2n) is 11.9. The van der Waals surface area contributed by atoms with E-state index in [-0.39, 0.29) is 18.4 Å². The lowest BCUT2D eigenvalue weighted by Gasteiger charge is -2.29. The van der Waals surface area contributed by atoms with Gasteiger partial charge in [-0.3, -0.25) is 9.59 Å². The highest BCUT2D eigenvalue weighted by atomic mass is 35.5. The van der Waals surface area contributed by atoms with Gasteiger partial charge >= 0.3 is 0 Å². The summed E-state index contributed by atoms with van der Waals surface area (Å²) >= 11 is 7.87. The maximum Gasteiger partial charge on any atom is 0.260 e. The van der Waals surface area contributed by atoms with E-state index < -0.39 is 6.04 Å². The molecule has 4 aromatic rings. The Kier molecular flexibility index (Phi) is 11.5. The van der Waals surface area contributed by atoms with Crippen molar-refractivity contribution in [3.63, 3.8) is 0 Å². The molecular weight excluding hydrogens is 676 g/mol. The standard InChI is InChI=1S/C37H41ClN6O5S/c1-4-47-29-16-10-9-15-28(29)40-35(46)33-24(3)39-36-41-37(50-23-26-13-7-8-14-27(26)38)42-44(36)34(33)25-17-18-30(31(21-25)48-5-2)49-22-32(45)43-19-11-6-12-20-43/h7-10,13-18,21,34H,4-6,11-12,19-20,22-23H2,1-3H3,(H,40,46)(H,39,41,42). The average Bonchev–Trinajstić information content (AvgIpc) is 3.53. The molecule has 0 bridgehead atoms. The van der Waals surface area contributed by atoms with Crippen LogP contribution in [0.2, 0.25) is 5.02 Å². The molecule has 1 unspecified atom stereocenters. The molecule has 2 N–H and O–H groups in total. The van der Waals surface area contributed by atoms with E-state index in [4.69, 9.17) is 35.9 Å². The number of piperidine rings is 1. The fourth-order valence-electron chi connectivity index (χ4n) is 6.05. The van der Waals surface area contributed by atoms with Crippen molar-refractivity contribution >= 4 is 46.8 Å². The normalized spacial score (nSPS) is 15.6. The smallest absolute Gasteiger partial charge is 0.260 e. The van der Waals surface area contributed by atoms with Crippen LogP contribution < -0.4 is 24.8 Å². The third-order valence-electron chi connectivity index (χ3n) is 8.47. The van der Waals surface area contributed by atoms with Gasteiger partial charge in [0.15, 0.2) is 18.1 Å². The first-order valence-corrected chi connectivity index (χ1v) is 18.2. The quantitative estimate of drug-likeness (QED) is 0.137. The monoisotopic (exact) mass is 716 g/mol. The summed E-state index contributed by atoms with van der Waals surface area (Å²) in [7, 11) is 0. The number of halogens is 1. The van der Waals surface area contributed by atoms with Crippen LogP contribution in [0.25, 0.3) is 0 Å². The maximum atomic E-state index is 14.2. The highest BCUT2D eigenvalue weighted by molar-refractivity contribution is 7.98. The maximum absolute atomic E-state index is 14.2. The molecule has 0 saturated carbocycles. The van der Waals surface area contributed by atoms with Crippen molar-refractivity contribution in [3.05, 3.63) is 94.1 Å². The van der Waals surface area contributed by atoms with E-state index in [0.29, 0.717) is 69.3 Å². The lowest BCUT2D eigenvalue weighted by atomic mass is 9.94. The molecule has 13 heteroatoms. The summed E-state index contributed by atoms with van der Waals surface area (Å²) in [4.78, 5) is 33.8. The zero-order valence-electron chi connectivity index (χ0n) is 28.4. The highest BCUT2D eigenvalue weighted by Crippen LogP contribution is 2.41. The van der Waals surface area contributed by atoms with Gasteiger partial charge in [-0.15, -0.1) is 5.10 Å². The molecule has 50 heavy (non-hydrogen) atoms. The van der Waals surface area contributed by atoms with E-state index in [1.807, 2.05) is 80.3 Å². The Labute approximate surface area is 301 Å². The molecule has 2 aliphatic rings. The van der Waals surface area contributed by atoms with Gasteiger partial charge in [-0.05, 0) is 81.5 Å². The number of carbonyl (C=O) groups is 2. The average molecular weight is 717 g/mol. The van der Waals surface area contributed by atoms with Crippen LogP contribution in [0, 0.1) is 0 Å². The molecule has 3 heterocycles. The predicted molar refractivity (Wildman–Crippen MR) is 195 cm³/mol. The zero-order chi connectivity index (χ0) is 35.0. The van der Waals surface area contributed by atoms with Crippen molar-refractivity contribution in [2.24, 2.45) is 0 Å². The van der Waals surface area contributed by atoms with Gasteiger partial charge in [0.05, 0.1) is 24.5 Å². The summed E-state index contributed by atoms with van der Waals surface area (Å²) in [6, 6.07) is 19.8. The Hall–Kier alpha value is -4.68. The minimum atomic E-state index is -0.684. The van der Waals surface area contributed by atoms with Gasteiger partial charge < -0.3 is 29.7 Å². The Morgan fingerprint density at radius 1 is 0.940 bits per heavy atom. The number of nitrogens with one attached hydrogen (secondary N) is 2. The summed E-state index contributed by atoms with van der Waals surface area (Å²) in [6.07, 6.45) is 3.15. The molecule has 2 aliphatic heterocycles. The van der Waals surface area contributed by atoms with Crippen LogP contribution in [0.15, 0.2) is 83.2 Å². The number of amides is 2. The van der Waals surface area contributed by atoms with Gasteiger partial charge in [0.2, 0.25) is 11.1 Å². The largest absolute Gasteiger partial charge is 0.492 e. The van der Waals surface area contributed by atoms with Crippen LogP contribution in [0.3, 0.4) is 0 Å². The molecule has 0 aliphatic carbocycles. The number of anilines is 2. The van der Waals surface area contributed by atoms with Crippen molar-refractivity contribution in [1.82, 2.24) is 19.7 Å². The first kappa shape index (κ1) is 35.2. The van der Waals surface area contributed by atoms with E-state index in [0.717, 1.165) is 43.5 Å². The van der Waals surface area contributed by atoms with Gasteiger partial charge in [-0.2, -0.15) is 4.98 Å². The van der Waals surface area contributed by atoms with Crippen molar-refractivity contribution < 1.29 is 23.8 Å². The predicted octanol–water partition coefficient (Wildman–Crippen LogP) is 7.34. The topological polar surface area (TPSA) is 120 Å². The number of hydrogen-bond acceptors (Lipinski definition) is 9. The number of nitrogens with zero attached hydrogens (tertiary/aromatic N) is 4. The molecule has 1 saturated heterocycles. The van der Waals surface area contributed by atoms with Crippen LogP contribution in [-0.4, -0.2) is 64.4 Å². The number of allylic oxidation sites excluding steroid dienone is 1. The zero-order valence-corrected chi connectivity index (χ0v) is 30.0. The number of para-hydroxylation sites is 2. The molecule has 0 radical (unpaired) electrons. The molecule has 3 aromatic carbocycles. The Balaban J connectivity index is 1.34. The minimum absolute atomic E-state index is 0.0477. The first-order chi connectivity index (χ1) is 24.4. The molecule has 6 rings (SSSR count). The van der Waals surface area contributed by atoms with Gasteiger partial charge in [-0.25, -0.2) is 4.68 Å². The van der Waals surface area contributed by atoms with Crippen molar-refractivity contribution in [3.8, 4) is 17.2 Å². The second-order valence-corrected chi connectivity index (χ2v) is 13.2. The molecule has 1 aromatic heterocycles. The summed E-state index contributed by atoms with van der Waals surface area (Å²) in [5.41, 5.74) is 3.30. The summed E-state index contributed by atoms with van der Waals surface area (Å²) in [6.45, 7) is 7.87. The SMILES string of the molecule is CCOc1ccccc1NC(=O)C1=C(C)Nc2nc(SCc3ccccc3Cl)nn2C1c1ccc(OCC(=O)N2CCCCC2)c(OCC)c1. The molecule has 11 nitrogen and oxygen atoms in total. The van der Waals surface area contributed by atoms with Crippen molar-refractivity contribution in [1.29, 1.82) is 0 Å². The third kappa shape index (κ3) is 8.03. The fourth-order valence-corrected chi connectivity index (χ4v) is 7.16. The van der Waals surface area contributed by atoms with Crippen LogP contribution >= 0.6 is 23.4 Å². The number of likely N-dealkylation sites (tertiary alicyclic amines) is 1. The molecule has 1 fully saturated rings. The number of benzene rings is 3. The van der Waals surface area contributed by atoms with Gasteiger partial charge in [0.1, 0.15) is 11.8 Å². The van der Waals surface area contributed by atoms with E-state index >= 15 is 0 Å². The van der Waals surface area contributed by atoms with Crippen molar-refractivity contribution in [2.75, 3.05) is 43.5 Å². The molecule has 262 valence electrons. The number of rotatable bonds is 13. The van der Waals surface area contributed by atoms with Crippen molar-refractivity contribution in [2.45, 2.75) is 57.0 Å². The number of fused-ring (bicyclic) bond motifs is 1. The molecule has 2 amide bonds. The van der Waals surface area contributed by atoms with Crippen LogP contribution in [-0.2, 0) is 15.3 Å². The third-order valence-corrected chi connectivity index (χ3v) is 9.73. The molecule has 1 atom stereocenters. The molecule has 0 spiro atoms. The molecular formula is C37H41ClN6O5S. The number of thioether (sulfide) groups is 1. The van der Waals surface area contributed by atoms with Gasteiger partial charge in [0.25, 0.3) is 11.8 Å². The fraction of sp³-hybridized carbons (Fsp3) is 0.351. The van der Waals surface area contributed by atoms with Crippen LogP contribution in [0.4, 0.5) is 11.6 Å². The highest BCUT2D eigenvalue weighted by Gasteiger charge is 2.35. The van der Waals surface area contributed by atoms with E-state index in [2.05, 4.69) is 10.6 Å². The number of ether oxygens (including phenoxy) is 3. The number of carbonyl (C=O) groups excluding carboxylic acids is 2. The lowest BCUT2D eigenvalue weighted by molar-refractivity contribution is -0.134. The van der Waals surface area contributed by atoms with Crippen LogP contribution in [0.5, 0.6) is 17.2 Å². The number of aromatic nitrogens is 3. The number of hydrogen-bond donors (Lipinski definition) is 2. The Morgan fingerprint density at radius 2 is 1.68 bits per heavy atom. The first-order valence-electron chi connectivity index (χ1n) is 16.9.